The number of anilines is 1. The summed E-state index contributed by atoms with van der Waals surface area (Å²) in [6.07, 6.45) is 10.6. The molecule has 1 aromatic heterocycles. The van der Waals surface area contributed by atoms with Gasteiger partial charge in [-0.15, -0.1) is 0 Å². The Bertz CT molecular complexity index is 440. The zero-order chi connectivity index (χ0) is 14.5. The summed E-state index contributed by atoms with van der Waals surface area (Å²) in [5, 5.41) is 0. The number of nitrogens with zero attached hydrogens (tertiary/aromatic N) is 4. The molecule has 5 heteroatoms. The Balaban J connectivity index is 1.56. The standard InChI is InChI=1S/C16H26N4O/c1-2-21-16-13-17-12-15(18-16)20-10-8-19(9-11-20)14-6-4-3-5-7-14/h12-14H,2-11H2,1H3. The van der Waals surface area contributed by atoms with Gasteiger partial charge in [-0.1, -0.05) is 19.3 Å². The van der Waals surface area contributed by atoms with Crippen molar-refractivity contribution >= 4 is 5.82 Å². The molecule has 1 aliphatic carbocycles. The molecular formula is C16H26N4O. The van der Waals surface area contributed by atoms with E-state index < -0.39 is 0 Å². The predicted molar refractivity (Wildman–Crippen MR) is 83.9 cm³/mol. The monoisotopic (exact) mass is 290 g/mol. The van der Waals surface area contributed by atoms with Gasteiger partial charge in [0.15, 0.2) is 5.82 Å². The molecular weight excluding hydrogens is 264 g/mol. The predicted octanol–water partition coefficient (Wildman–Crippen LogP) is 2.33. The summed E-state index contributed by atoms with van der Waals surface area (Å²) < 4.78 is 5.44. The molecule has 21 heavy (non-hydrogen) atoms. The van der Waals surface area contributed by atoms with Gasteiger partial charge >= 0.3 is 0 Å². The van der Waals surface area contributed by atoms with Crippen molar-refractivity contribution in [1.82, 2.24) is 14.9 Å². The Morgan fingerprint density at radius 2 is 1.86 bits per heavy atom. The van der Waals surface area contributed by atoms with E-state index in [2.05, 4.69) is 19.8 Å². The van der Waals surface area contributed by atoms with Crippen LogP contribution in [-0.2, 0) is 0 Å². The van der Waals surface area contributed by atoms with Crippen molar-refractivity contribution in [3.63, 3.8) is 0 Å². The van der Waals surface area contributed by atoms with E-state index in [9.17, 15) is 0 Å². The Morgan fingerprint density at radius 1 is 1.10 bits per heavy atom. The molecule has 1 saturated carbocycles. The van der Waals surface area contributed by atoms with E-state index in [-0.39, 0.29) is 0 Å². The van der Waals surface area contributed by atoms with Crippen molar-refractivity contribution in [2.24, 2.45) is 0 Å². The van der Waals surface area contributed by atoms with Crippen LogP contribution in [0.2, 0.25) is 0 Å². The smallest absolute Gasteiger partial charge is 0.234 e. The molecule has 0 aromatic carbocycles. The number of piperazine rings is 1. The minimum atomic E-state index is 0.629. The van der Waals surface area contributed by atoms with E-state index in [0.29, 0.717) is 12.5 Å². The first-order chi connectivity index (χ1) is 10.4. The highest BCUT2D eigenvalue weighted by molar-refractivity contribution is 5.38. The van der Waals surface area contributed by atoms with Gasteiger partial charge < -0.3 is 9.64 Å². The summed E-state index contributed by atoms with van der Waals surface area (Å²) in [6.45, 7) is 6.98. The van der Waals surface area contributed by atoms with Crippen LogP contribution in [0, 0.1) is 0 Å². The Morgan fingerprint density at radius 3 is 2.57 bits per heavy atom. The maximum Gasteiger partial charge on any atom is 0.234 e. The van der Waals surface area contributed by atoms with Gasteiger partial charge in [-0.05, 0) is 19.8 Å². The van der Waals surface area contributed by atoms with Crippen molar-refractivity contribution in [1.29, 1.82) is 0 Å². The third-order valence-corrected chi connectivity index (χ3v) is 4.62. The second-order valence-corrected chi connectivity index (χ2v) is 5.96. The second-order valence-electron chi connectivity index (χ2n) is 5.96. The molecule has 0 amide bonds. The number of hydrogen-bond acceptors (Lipinski definition) is 5. The molecule has 0 radical (unpaired) electrons. The van der Waals surface area contributed by atoms with E-state index in [0.717, 1.165) is 38.0 Å². The highest BCUT2D eigenvalue weighted by atomic mass is 16.5. The van der Waals surface area contributed by atoms with Gasteiger partial charge in [0.25, 0.3) is 0 Å². The van der Waals surface area contributed by atoms with Gasteiger partial charge in [-0.2, -0.15) is 4.98 Å². The number of ether oxygens (including phenoxy) is 1. The van der Waals surface area contributed by atoms with Crippen LogP contribution in [0.3, 0.4) is 0 Å². The zero-order valence-corrected chi connectivity index (χ0v) is 13.0. The Kier molecular flexibility index (Phi) is 4.91. The number of rotatable bonds is 4. The SMILES string of the molecule is CCOc1cncc(N2CCN(C3CCCCC3)CC2)n1. The molecule has 2 aliphatic rings. The molecule has 2 fully saturated rings. The zero-order valence-electron chi connectivity index (χ0n) is 13.0. The fourth-order valence-corrected chi connectivity index (χ4v) is 3.47. The highest BCUT2D eigenvalue weighted by Crippen LogP contribution is 2.24. The molecule has 1 aromatic rings. The maximum absolute atomic E-state index is 5.44. The molecule has 0 unspecified atom stereocenters. The van der Waals surface area contributed by atoms with E-state index >= 15 is 0 Å². The van der Waals surface area contributed by atoms with Crippen molar-refractivity contribution in [3.05, 3.63) is 12.4 Å². The molecule has 0 N–H and O–H groups in total. The lowest BCUT2D eigenvalue weighted by atomic mass is 9.94. The summed E-state index contributed by atoms with van der Waals surface area (Å²) in [6, 6.07) is 0.821. The molecule has 3 rings (SSSR count). The highest BCUT2D eigenvalue weighted by Gasteiger charge is 2.25. The second kappa shape index (κ2) is 7.07. The normalized spacial score (nSPS) is 21.5. The fourth-order valence-electron chi connectivity index (χ4n) is 3.47. The lowest BCUT2D eigenvalue weighted by Gasteiger charge is -2.41. The van der Waals surface area contributed by atoms with E-state index in [4.69, 9.17) is 4.74 Å². The van der Waals surface area contributed by atoms with Crippen LogP contribution in [0.4, 0.5) is 5.82 Å². The Labute approximate surface area is 127 Å². The van der Waals surface area contributed by atoms with Crippen LogP contribution in [0.25, 0.3) is 0 Å². The van der Waals surface area contributed by atoms with Crippen LogP contribution < -0.4 is 9.64 Å². The molecule has 0 spiro atoms. The minimum absolute atomic E-state index is 0.629. The summed E-state index contributed by atoms with van der Waals surface area (Å²) in [7, 11) is 0. The van der Waals surface area contributed by atoms with Gasteiger partial charge in [0, 0.05) is 32.2 Å². The van der Waals surface area contributed by atoms with Gasteiger partial charge in [0.1, 0.15) is 0 Å². The van der Waals surface area contributed by atoms with Gasteiger partial charge in [0.2, 0.25) is 5.88 Å². The van der Waals surface area contributed by atoms with Crippen molar-refractivity contribution in [2.45, 2.75) is 45.1 Å². The molecule has 5 nitrogen and oxygen atoms in total. The molecule has 116 valence electrons. The fraction of sp³-hybridized carbons (Fsp3) is 0.750. The van der Waals surface area contributed by atoms with E-state index in [1.165, 1.54) is 32.1 Å². The molecule has 2 heterocycles. The number of aromatic nitrogens is 2. The minimum Gasteiger partial charge on any atom is -0.477 e. The first-order valence-corrected chi connectivity index (χ1v) is 8.30. The summed E-state index contributed by atoms with van der Waals surface area (Å²) in [5.74, 6) is 1.58. The quantitative estimate of drug-likeness (QED) is 0.851. The van der Waals surface area contributed by atoms with Crippen LogP contribution in [0.5, 0.6) is 5.88 Å². The topological polar surface area (TPSA) is 41.5 Å². The lowest BCUT2D eigenvalue weighted by molar-refractivity contribution is 0.147. The average Bonchev–Trinajstić information content (AvgIpc) is 2.56. The van der Waals surface area contributed by atoms with Crippen LogP contribution in [0.15, 0.2) is 12.4 Å². The van der Waals surface area contributed by atoms with Gasteiger partial charge in [-0.3, -0.25) is 9.88 Å². The summed E-state index contributed by atoms with van der Waals surface area (Å²) in [5.41, 5.74) is 0. The first kappa shape index (κ1) is 14.6. The third kappa shape index (κ3) is 3.64. The van der Waals surface area contributed by atoms with Gasteiger partial charge in [-0.25, -0.2) is 0 Å². The lowest BCUT2D eigenvalue weighted by Crippen LogP contribution is -2.51. The third-order valence-electron chi connectivity index (χ3n) is 4.62. The van der Waals surface area contributed by atoms with Gasteiger partial charge in [0.05, 0.1) is 19.0 Å². The average molecular weight is 290 g/mol. The summed E-state index contributed by atoms with van der Waals surface area (Å²) >= 11 is 0. The van der Waals surface area contributed by atoms with Crippen LogP contribution >= 0.6 is 0 Å². The van der Waals surface area contributed by atoms with Crippen molar-refractivity contribution in [3.8, 4) is 5.88 Å². The summed E-state index contributed by atoms with van der Waals surface area (Å²) in [4.78, 5) is 13.8. The van der Waals surface area contributed by atoms with Crippen molar-refractivity contribution in [2.75, 3.05) is 37.7 Å². The molecule has 0 bridgehead atoms. The van der Waals surface area contributed by atoms with Crippen LogP contribution in [0.1, 0.15) is 39.0 Å². The number of hydrogen-bond donors (Lipinski definition) is 0. The van der Waals surface area contributed by atoms with E-state index in [1.54, 1.807) is 6.20 Å². The first-order valence-electron chi connectivity index (χ1n) is 8.30. The van der Waals surface area contributed by atoms with Crippen molar-refractivity contribution < 1.29 is 4.74 Å². The largest absolute Gasteiger partial charge is 0.477 e. The molecule has 1 aliphatic heterocycles. The van der Waals surface area contributed by atoms with E-state index in [1.807, 2.05) is 13.1 Å². The Hall–Kier alpha value is -1.36. The van der Waals surface area contributed by atoms with Crippen LogP contribution in [-0.4, -0.2) is 53.7 Å². The molecule has 0 atom stereocenters. The maximum atomic E-state index is 5.44. The molecule has 1 saturated heterocycles.